The number of carbonyl (C=O) groups is 2. The molecule has 0 saturated carbocycles. The van der Waals surface area contributed by atoms with Gasteiger partial charge in [-0.25, -0.2) is 4.79 Å². The molecule has 0 bridgehead atoms. The van der Waals surface area contributed by atoms with Crippen molar-refractivity contribution < 1.29 is 23.8 Å². The molecule has 0 radical (unpaired) electrons. The average Bonchev–Trinajstić information content (AvgIpc) is 3.04. The van der Waals surface area contributed by atoms with Crippen LogP contribution in [0.25, 0.3) is 6.08 Å². The van der Waals surface area contributed by atoms with Crippen LogP contribution in [-0.4, -0.2) is 37.4 Å². The summed E-state index contributed by atoms with van der Waals surface area (Å²) in [6.07, 6.45) is 1.76. The highest BCUT2D eigenvalue weighted by atomic mass is 79.9. The Bertz CT molecular complexity index is 1030. The van der Waals surface area contributed by atoms with Crippen molar-refractivity contribution >= 4 is 45.3 Å². The molecule has 3 rings (SSSR count). The molecule has 0 fully saturated rings. The minimum Gasteiger partial charge on any atom is -0.490 e. The monoisotopic (exact) mass is 486 g/mol. The number of esters is 1. The summed E-state index contributed by atoms with van der Waals surface area (Å²) in [5.74, 6) is 0.188. The summed E-state index contributed by atoms with van der Waals surface area (Å²) >= 11 is 3.52. The molecule has 0 saturated heterocycles. The van der Waals surface area contributed by atoms with E-state index in [0.717, 1.165) is 5.56 Å². The van der Waals surface area contributed by atoms with Gasteiger partial charge in [-0.15, -0.1) is 0 Å². The van der Waals surface area contributed by atoms with Crippen LogP contribution in [0.5, 0.6) is 11.5 Å². The van der Waals surface area contributed by atoms with E-state index >= 15 is 0 Å². The first-order valence-electron chi connectivity index (χ1n) is 9.86. The zero-order valence-electron chi connectivity index (χ0n) is 17.6. The van der Waals surface area contributed by atoms with Gasteiger partial charge in [0, 0.05) is 4.47 Å². The van der Waals surface area contributed by atoms with Crippen LogP contribution in [0.2, 0.25) is 0 Å². The number of anilines is 1. The molecule has 0 spiro atoms. The van der Waals surface area contributed by atoms with Crippen molar-refractivity contribution in [2.75, 3.05) is 24.8 Å². The molecule has 0 unspecified atom stereocenters. The lowest BCUT2D eigenvalue weighted by molar-refractivity contribution is -0.145. The summed E-state index contributed by atoms with van der Waals surface area (Å²) < 4.78 is 16.8. The van der Waals surface area contributed by atoms with Crippen molar-refractivity contribution in [3.8, 4) is 11.5 Å². The van der Waals surface area contributed by atoms with Crippen LogP contribution in [-0.2, 0) is 14.3 Å². The zero-order valence-corrected chi connectivity index (χ0v) is 19.1. The molecule has 1 aliphatic heterocycles. The first-order chi connectivity index (χ1) is 14.9. The van der Waals surface area contributed by atoms with Gasteiger partial charge in [-0.05, 0) is 56.7 Å². The molecule has 7 nitrogen and oxygen atoms in total. The molecule has 1 heterocycles. The minimum absolute atomic E-state index is 0.212. The molecule has 0 aliphatic carbocycles. The number of hydrogen-bond acceptors (Lipinski definition) is 6. The molecule has 1 aliphatic rings. The van der Waals surface area contributed by atoms with Crippen LogP contribution < -0.4 is 14.5 Å². The highest BCUT2D eigenvalue weighted by Gasteiger charge is 2.29. The number of para-hydroxylation sites is 1. The average molecular weight is 487 g/mol. The number of hydrogen-bond donors (Lipinski definition) is 0. The SMILES string of the molecule is CCOC(=O)COc1cc(Br)c(/C=C2/C(=O)N(c3ccccc3)N=C2C)cc1OCC. The summed E-state index contributed by atoms with van der Waals surface area (Å²) in [5.41, 5.74) is 2.51. The van der Waals surface area contributed by atoms with Crippen molar-refractivity contribution in [3.63, 3.8) is 0 Å². The number of rotatable bonds is 8. The van der Waals surface area contributed by atoms with Crippen molar-refractivity contribution in [1.82, 2.24) is 0 Å². The van der Waals surface area contributed by atoms with E-state index in [1.165, 1.54) is 5.01 Å². The Morgan fingerprint density at radius 1 is 1.10 bits per heavy atom. The predicted molar refractivity (Wildman–Crippen MR) is 122 cm³/mol. The van der Waals surface area contributed by atoms with E-state index in [9.17, 15) is 9.59 Å². The number of amides is 1. The maximum absolute atomic E-state index is 13.0. The van der Waals surface area contributed by atoms with Gasteiger partial charge >= 0.3 is 5.97 Å². The Labute approximate surface area is 189 Å². The van der Waals surface area contributed by atoms with E-state index in [1.807, 2.05) is 37.3 Å². The molecule has 0 atom stereocenters. The van der Waals surface area contributed by atoms with E-state index in [-0.39, 0.29) is 19.1 Å². The lowest BCUT2D eigenvalue weighted by Crippen LogP contribution is -2.21. The quantitative estimate of drug-likeness (QED) is 0.402. The van der Waals surface area contributed by atoms with E-state index < -0.39 is 5.97 Å². The third-order valence-electron chi connectivity index (χ3n) is 4.38. The van der Waals surface area contributed by atoms with Gasteiger partial charge in [0.15, 0.2) is 18.1 Å². The summed E-state index contributed by atoms with van der Waals surface area (Å²) in [4.78, 5) is 24.6. The van der Waals surface area contributed by atoms with E-state index in [2.05, 4.69) is 21.0 Å². The second-order valence-electron chi connectivity index (χ2n) is 6.54. The maximum atomic E-state index is 13.0. The lowest BCUT2D eigenvalue weighted by Gasteiger charge is -2.14. The van der Waals surface area contributed by atoms with Crippen LogP contribution >= 0.6 is 15.9 Å². The Morgan fingerprint density at radius 3 is 2.48 bits per heavy atom. The number of halogens is 1. The molecule has 0 N–H and O–H groups in total. The largest absolute Gasteiger partial charge is 0.490 e. The molecule has 0 aromatic heterocycles. The first-order valence-corrected chi connectivity index (χ1v) is 10.6. The number of hydrazone groups is 1. The third-order valence-corrected chi connectivity index (χ3v) is 5.06. The van der Waals surface area contributed by atoms with Crippen LogP contribution in [0.4, 0.5) is 5.69 Å². The van der Waals surface area contributed by atoms with Crippen molar-refractivity contribution in [2.24, 2.45) is 5.10 Å². The van der Waals surface area contributed by atoms with Gasteiger partial charge in [0.1, 0.15) is 0 Å². The molecule has 1 amide bonds. The fourth-order valence-electron chi connectivity index (χ4n) is 2.97. The molecular formula is C23H23BrN2O5. The van der Waals surface area contributed by atoms with E-state index in [0.29, 0.717) is 39.6 Å². The van der Waals surface area contributed by atoms with Crippen LogP contribution in [0, 0.1) is 0 Å². The van der Waals surface area contributed by atoms with Crippen LogP contribution in [0.15, 0.2) is 57.6 Å². The number of nitrogens with zero attached hydrogens (tertiary/aromatic N) is 2. The second-order valence-corrected chi connectivity index (χ2v) is 7.40. The smallest absolute Gasteiger partial charge is 0.344 e. The minimum atomic E-state index is -0.461. The lowest BCUT2D eigenvalue weighted by atomic mass is 10.1. The molecule has 2 aromatic carbocycles. The van der Waals surface area contributed by atoms with Crippen LogP contribution in [0.1, 0.15) is 26.3 Å². The molecule has 8 heteroatoms. The second kappa shape index (κ2) is 10.3. The Morgan fingerprint density at radius 2 is 1.81 bits per heavy atom. The van der Waals surface area contributed by atoms with Crippen LogP contribution in [0.3, 0.4) is 0 Å². The number of benzene rings is 2. The maximum Gasteiger partial charge on any atom is 0.344 e. The Kier molecular flexibility index (Phi) is 7.46. The summed E-state index contributed by atoms with van der Waals surface area (Å²) in [7, 11) is 0. The van der Waals surface area contributed by atoms with Gasteiger partial charge in [0.25, 0.3) is 5.91 Å². The van der Waals surface area contributed by atoms with Gasteiger partial charge in [0.2, 0.25) is 0 Å². The Balaban J connectivity index is 1.89. The van der Waals surface area contributed by atoms with Crippen molar-refractivity contribution in [3.05, 3.63) is 58.1 Å². The molecular weight excluding hydrogens is 464 g/mol. The number of carbonyl (C=O) groups excluding carboxylic acids is 2. The Hall–Kier alpha value is -3.13. The van der Waals surface area contributed by atoms with Gasteiger partial charge in [0.05, 0.1) is 30.2 Å². The van der Waals surface area contributed by atoms with Crippen molar-refractivity contribution in [2.45, 2.75) is 20.8 Å². The van der Waals surface area contributed by atoms with E-state index in [4.69, 9.17) is 14.2 Å². The molecule has 162 valence electrons. The molecule has 31 heavy (non-hydrogen) atoms. The third kappa shape index (κ3) is 5.32. The topological polar surface area (TPSA) is 77.4 Å². The number of ether oxygens (including phenoxy) is 3. The van der Waals surface area contributed by atoms with E-state index in [1.54, 1.807) is 32.1 Å². The van der Waals surface area contributed by atoms with Gasteiger partial charge in [-0.3, -0.25) is 4.79 Å². The first kappa shape index (κ1) is 22.6. The summed E-state index contributed by atoms with van der Waals surface area (Å²) in [6, 6.07) is 12.7. The summed E-state index contributed by atoms with van der Waals surface area (Å²) in [5, 5.41) is 5.78. The predicted octanol–water partition coefficient (Wildman–Crippen LogP) is 4.60. The normalized spacial score (nSPS) is 14.6. The van der Waals surface area contributed by atoms with Gasteiger partial charge in [-0.2, -0.15) is 10.1 Å². The van der Waals surface area contributed by atoms with Crippen molar-refractivity contribution in [1.29, 1.82) is 0 Å². The zero-order chi connectivity index (χ0) is 22.4. The van der Waals surface area contributed by atoms with Gasteiger partial charge < -0.3 is 14.2 Å². The highest BCUT2D eigenvalue weighted by molar-refractivity contribution is 9.10. The fraction of sp³-hybridized carbons (Fsp3) is 0.261. The summed E-state index contributed by atoms with van der Waals surface area (Å²) in [6.45, 7) is 5.85. The van der Waals surface area contributed by atoms with Gasteiger partial charge in [-0.1, -0.05) is 34.1 Å². The fourth-order valence-corrected chi connectivity index (χ4v) is 3.40. The highest BCUT2D eigenvalue weighted by Crippen LogP contribution is 2.36. The molecule has 2 aromatic rings. The standard InChI is InChI=1S/C23H23BrN2O5/c1-4-29-20-12-16(19(24)13-21(20)31-14-22(27)30-5-2)11-18-15(3)25-26(23(18)28)17-9-7-6-8-10-17/h6-13H,4-5,14H2,1-3H3/b18-11+.